The predicted octanol–water partition coefficient (Wildman–Crippen LogP) is 2.24. The van der Waals surface area contributed by atoms with E-state index in [0.29, 0.717) is 18.4 Å². The number of allylic oxidation sites excluding steroid dienone is 2. The molecule has 1 N–H and O–H groups in total. The van der Waals surface area contributed by atoms with Crippen LogP contribution in [0.1, 0.15) is 38.5 Å². The van der Waals surface area contributed by atoms with Crippen LogP contribution in [0.25, 0.3) is 0 Å². The lowest BCUT2D eigenvalue weighted by Crippen LogP contribution is -2.41. The first-order chi connectivity index (χ1) is 11.1. The van der Waals surface area contributed by atoms with Crippen LogP contribution in [0.4, 0.5) is 4.79 Å². The molecule has 0 spiro atoms. The molecule has 0 aromatic heterocycles. The molecule has 0 radical (unpaired) electrons. The fourth-order valence-electron chi connectivity index (χ4n) is 3.88. The van der Waals surface area contributed by atoms with Crippen molar-refractivity contribution in [2.45, 2.75) is 38.5 Å². The van der Waals surface area contributed by atoms with Gasteiger partial charge in [0.15, 0.2) is 0 Å². The molecule has 5 nitrogen and oxygen atoms in total. The molecule has 1 saturated heterocycles. The zero-order valence-corrected chi connectivity index (χ0v) is 14.2. The summed E-state index contributed by atoms with van der Waals surface area (Å²) < 4.78 is 0. The minimum absolute atomic E-state index is 0.0624. The first-order valence-corrected chi connectivity index (χ1v) is 9.08. The maximum atomic E-state index is 12.2. The number of carbonyl (C=O) groups excluding carboxylic acids is 2. The van der Waals surface area contributed by atoms with Crippen molar-refractivity contribution in [2.75, 3.05) is 33.2 Å². The van der Waals surface area contributed by atoms with E-state index in [9.17, 15) is 9.59 Å². The number of likely N-dealkylation sites (tertiary alicyclic amines) is 1. The number of urea groups is 1. The second-order valence-electron chi connectivity index (χ2n) is 7.34. The summed E-state index contributed by atoms with van der Waals surface area (Å²) >= 11 is 0. The third-order valence-electron chi connectivity index (χ3n) is 5.69. The van der Waals surface area contributed by atoms with E-state index in [-0.39, 0.29) is 17.9 Å². The minimum Gasteiger partial charge on any atom is -0.345 e. The summed E-state index contributed by atoms with van der Waals surface area (Å²) in [5.41, 5.74) is 0. The molecule has 3 rings (SSSR count). The molecule has 0 unspecified atom stereocenters. The van der Waals surface area contributed by atoms with Gasteiger partial charge in [0, 0.05) is 39.1 Å². The molecular weight excluding hydrogens is 290 g/mol. The van der Waals surface area contributed by atoms with E-state index in [0.717, 1.165) is 51.7 Å². The maximum absolute atomic E-state index is 12.2. The van der Waals surface area contributed by atoms with Crippen molar-refractivity contribution in [3.8, 4) is 0 Å². The summed E-state index contributed by atoms with van der Waals surface area (Å²) in [6.45, 7) is 3.15. The Morgan fingerprint density at radius 3 is 2.39 bits per heavy atom. The molecule has 0 bridgehead atoms. The van der Waals surface area contributed by atoms with Crippen molar-refractivity contribution in [1.82, 2.24) is 15.1 Å². The Labute approximate surface area is 139 Å². The highest BCUT2D eigenvalue weighted by Crippen LogP contribution is 2.32. The highest BCUT2D eigenvalue weighted by molar-refractivity contribution is 5.79. The van der Waals surface area contributed by atoms with Gasteiger partial charge in [-0.1, -0.05) is 18.6 Å². The number of nitrogens with zero attached hydrogens (tertiary/aromatic N) is 2. The summed E-state index contributed by atoms with van der Waals surface area (Å²) in [6.07, 6.45) is 10.8. The summed E-state index contributed by atoms with van der Waals surface area (Å²) in [7, 11) is 1.88. The molecule has 1 aliphatic heterocycles. The van der Waals surface area contributed by atoms with Crippen molar-refractivity contribution in [3.63, 3.8) is 0 Å². The lowest BCUT2D eigenvalue weighted by molar-refractivity contribution is -0.136. The van der Waals surface area contributed by atoms with Gasteiger partial charge >= 0.3 is 6.03 Å². The molecule has 1 saturated carbocycles. The number of hydrogen-bond acceptors (Lipinski definition) is 2. The third kappa shape index (κ3) is 3.88. The molecule has 3 aliphatic rings. The molecule has 2 atom stereocenters. The van der Waals surface area contributed by atoms with Gasteiger partial charge in [-0.05, 0) is 43.9 Å². The van der Waals surface area contributed by atoms with Gasteiger partial charge in [0.2, 0.25) is 5.91 Å². The molecule has 23 heavy (non-hydrogen) atoms. The topological polar surface area (TPSA) is 52.7 Å². The van der Waals surface area contributed by atoms with Gasteiger partial charge in [-0.2, -0.15) is 0 Å². The van der Waals surface area contributed by atoms with Crippen molar-refractivity contribution in [1.29, 1.82) is 0 Å². The zero-order chi connectivity index (χ0) is 16.2. The lowest BCUT2D eigenvalue weighted by atomic mass is 9.84. The summed E-state index contributed by atoms with van der Waals surface area (Å²) in [5.74, 6) is 1.84. The number of hydrogen-bond donors (Lipinski definition) is 1. The summed E-state index contributed by atoms with van der Waals surface area (Å²) in [4.78, 5) is 28.1. The van der Waals surface area contributed by atoms with E-state index in [1.165, 1.54) is 6.42 Å². The largest absolute Gasteiger partial charge is 0.345 e. The second kappa shape index (κ2) is 7.37. The van der Waals surface area contributed by atoms with Gasteiger partial charge in [-0.25, -0.2) is 4.79 Å². The SMILES string of the molecule is CN(CCCNC(=O)N1C[C@@H]2CC=CC[C@H]2C1)C(=O)C1CCC1. The third-order valence-corrected chi connectivity index (χ3v) is 5.69. The highest BCUT2D eigenvalue weighted by Gasteiger charge is 2.34. The van der Waals surface area contributed by atoms with Crippen LogP contribution in [0.3, 0.4) is 0 Å². The van der Waals surface area contributed by atoms with Crippen molar-refractivity contribution in [3.05, 3.63) is 12.2 Å². The van der Waals surface area contributed by atoms with Gasteiger partial charge in [0.25, 0.3) is 0 Å². The fraction of sp³-hybridized carbons (Fsp3) is 0.778. The maximum Gasteiger partial charge on any atom is 0.317 e. The average molecular weight is 319 g/mol. The Balaban J connectivity index is 1.31. The molecule has 0 aromatic carbocycles. The van der Waals surface area contributed by atoms with Crippen LogP contribution >= 0.6 is 0 Å². The Morgan fingerprint density at radius 2 is 1.83 bits per heavy atom. The van der Waals surface area contributed by atoms with E-state index in [1.807, 2.05) is 16.8 Å². The second-order valence-corrected chi connectivity index (χ2v) is 7.34. The quantitative estimate of drug-likeness (QED) is 0.624. The van der Waals surface area contributed by atoms with Crippen LogP contribution < -0.4 is 5.32 Å². The molecule has 128 valence electrons. The highest BCUT2D eigenvalue weighted by atomic mass is 16.2. The number of fused-ring (bicyclic) bond motifs is 1. The number of nitrogens with one attached hydrogen (secondary N) is 1. The number of carbonyl (C=O) groups is 2. The van der Waals surface area contributed by atoms with Gasteiger partial charge < -0.3 is 15.1 Å². The van der Waals surface area contributed by atoms with Crippen LogP contribution in [0.2, 0.25) is 0 Å². The first kappa shape index (κ1) is 16.3. The van der Waals surface area contributed by atoms with E-state index in [1.54, 1.807) is 0 Å². The van der Waals surface area contributed by atoms with Crippen molar-refractivity contribution in [2.24, 2.45) is 17.8 Å². The Kier molecular flexibility index (Phi) is 5.23. The van der Waals surface area contributed by atoms with Crippen molar-refractivity contribution < 1.29 is 9.59 Å². The average Bonchev–Trinajstić information content (AvgIpc) is 2.93. The molecule has 2 aliphatic carbocycles. The molecule has 5 heteroatoms. The van der Waals surface area contributed by atoms with E-state index in [4.69, 9.17) is 0 Å². The van der Waals surface area contributed by atoms with Crippen LogP contribution in [0.15, 0.2) is 12.2 Å². The zero-order valence-electron chi connectivity index (χ0n) is 14.2. The predicted molar refractivity (Wildman–Crippen MR) is 89.9 cm³/mol. The number of amides is 3. The fourth-order valence-corrected chi connectivity index (χ4v) is 3.88. The minimum atomic E-state index is 0.0624. The standard InChI is InChI=1S/C18H29N3O2/c1-20(17(22)14-8-4-9-14)11-5-10-19-18(23)21-12-15-6-2-3-7-16(15)13-21/h2-3,14-16H,4-13H2,1H3,(H,19,23)/t15-,16-/m0/s1. The van der Waals surface area contributed by atoms with Crippen LogP contribution in [0.5, 0.6) is 0 Å². The van der Waals surface area contributed by atoms with Crippen molar-refractivity contribution >= 4 is 11.9 Å². The summed E-state index contributed by atoms with van der Waals surface area (Å²) in [5, 5.41) is 3.01. The van der Waals surface area contributed by atoms with Crippen LogP contribution in [-0.4, -0.2) is 55.0 Å². The normalized spacial score (nSPS) is 26.6. The van der Waals surface area contributed by atoms with Crippen LogP contribution in [0, 0.1) is 17.8 Å². The molecule has 0 aromatic rings. The Bertz CT molecular complexity index is 457. The molecule has 1 heterocycles. The van der Waals surface area contributed by atoms with E-state index >= 15 is 0 Å². The van der Waals surface area contributed by atoms with E-state index < -0.39 is 0 Å². The van der Waals surface area contributed by atoms with Gasteiger partial charge in [-0.15, -0.1) is 0 Å². The lowest BCUT2D eigenvalue weighted by Gasteiger charge is -2.29. The molecule has 3 amide bonds. The van der Waals surface area contributed by atoms with Gasteiger partial charge in [-0.3, -0.25) is 4.79 Å². The van der Waals surface area contributed by atoms with Crippen LogP contribution in [-0.2, 0) is 4.79 Å². The smallest absolute Gasteiger partial charge is 0.317 e. The van der Waals surface area contributed by atoms with E-state index in [2.05, 4.69) is 17.5 Å². The molecule has 2 fully saturated rings. The van der Waals surface area contributed by atoms with Gasteiger partial charge in [0.05, 0.1) is 0 Å². The number of rotatable bonds is 5. The first-order valence-electron chi connectivity index (χ1n) is 9.08. The Hall–Kier alpha value is -1.52. The van der Waals surface area contributed by atoms with Gasteiger partial charge in [0.1, 0.15) is 0 Å². The Morgan fingerprint density at radius 1 is 1.17 bits per heavy atom. The molecular formula is C18H29N3O2. The monoisotopic (exact) mass is 319 g/mol. The summed E-state index contributed by atoms with van der Waals surface area (Å²) in [6, 6.07) is 0.0624.